The minimum atomic E-state index is -0.939. The van der Waals surface area contributed by atoms with Gasteiger partial charge in [-0.15, -0.1) is 11.6 Å². The number of aromatic amines is 1. The minimum absolute atomic E-state index is 0.000799. The number of nitrogens with zero attached hydrogens (tertiary/aromatic N) is 5. The van der Waals surface area contributed by atoms with E-state index in [1.807, 2.05) is 25.1 Å². The third-order valence-corrected chi connectivity index (χ3v) is 13.8. The summed E-state index contributed by atoms with van der Waals surface area (Å²) in [5.74, 6) is -2.28. The lowest BCUT2D eigenvalue weighted by Crippen LogP contribution is -2.45. The molecular weight excluding hydrogens is 1090 g/mol. The van der Waals surface area contributed by atoms with Gasteiger partial charge in [-0.25, -0.2) is 19.4 Å². The number of carbonyl (C=O) groups is 8. The predicted molar refractivity (Wildman–Crippen MR) is 300 cm³/mol. The smallest absolute Gasteiger partial charge is 0.415 e. The van der Waals surface area contributed by atoms with Crippen LogP contribution in [0.5, 0.6) is 11.5 Å². The van der Waals surface area contributed by atoms with Crippen molar-refractivity contribution in [3.8, 4) is 11.5 Å². The number of oxazole rings is 1. The maximum atomic E-state index is 14.3. The van der Waals surface area contributed by atoms with E-state index in [9.17, 15) is 43.5 Å². The minimum Gasteiger partial charge on any atom is -0.494 e. The van der Waals surface area contributed by atoms with E-state index in [2.05, 4.69) is 20.6 Å². The normalized spacial score (nSPS) is 14.5. The van der Waals surface area contributed by atoms with Crippen molar-refractivity contribution in [3.63, 3.8) is 0 Å². The number of benzene rings is 3. The fourth-order valence-corrected chi connectivity index (χ4v) is 9.30. The molecule has 0 saturated carbocycles. The number of likely N-dealkylation sites (N-methyl/N-ethyl adjacent to an activating group) is 1. The lowest BCUT2D eigenvalue weighted by molar-refractivity contribution is -0.137. The molecule has 0 bridgehead atoms. The number of fused-ring (bicyclic) bond motifs is 4. The van der Waals surface area contributed by atoms with Gasteiger partial charge in [-0.1, -0.05) is 39.8 Å². The number of hydrogen-bond acceptors (Lipinski definition) is 17. The highest BCUT2D eigenvalue weighted by Gasteiger charge is 2.38. The second-order valence-electron chi connectivity index (χ2n) is 20.0. The number of amides is 7. The van der Waals surface area contributed by atoms with Crippen LogP contribution < -0.4 is 25.0 Å². The van der Waals surface area contributed by atoms with E-state index in [-0.39, 0.29) is 126 Å². The number of aliphatic hydroxyl groups is 1. The number of H-pyrrole nitrogens is 1. The van der Waals surface area contributed by atoms with E-state index < -0.39 is 48.0 Å². The maximum absolute atomic E-state index is 14.3. The Morgan fingerprint density at radius 2 is 1.63 bits per heavy atom. The Morgan fingerprint density at radius 1 is 0.890 bits per heavy atom. The van der Waals surface area contributed by atoms with Crippen LogP contribution in [0.2, 0.25) is 0 Å². The zero-order valence-electron chi connectivity index (χ0n) is 46.7. The largest absolute Gasteiger partial charge is 0.494 e. The molecule has 4 heterocycles. The highest BCUT2D eigenvalue weighted by atomic mass is 35.5. The number of Topliss-reactive ketones (excluding diaryl/α,β-unsaturated/α-hetero) is 1. The number of carbonyl (C=O) groups excluding carboxylic acids is 8. The Balaban J connectivity index is 0.898. The molecule has 5 aromatic rings. The van der Waals surface area contributed by atoms with Crippen molar-refractivity contribution in [1.82, 2.24) is 30.0 Å². The van der Waals surface area contributed by atoms with Crippen LogP contribution in [-0.4, -0.2) is 175 Å². The van der Waals surface area contributed by atoms with Crippen molar-refractivity contribution in [2.24, 2.45) is 11.8 Å². The quantitative estimate of drug-likeness (QED) is 0.0220. The molecule has 0 fully saturated rings. The molecule has 3 atom stereocenters. The molecule has 7 rings (SSSR count). The summed E-state index contributed by atoms with van der Waals surface area (Å²) in [5.41, 5.74) is 3.80. The number of alkyl carbamates (subject to hydrolysis) is 1. The van der Waals surface area contributed by atoms with Gasteiger partial charge >= 0.3 is 18.3 Å². The summed E-state index contributed by atoms with van der Waals surface area (Å²) in [6.45, 7) is 9.14. The lowest BCUT2D eigenvalue weighted by atomic mass is 9.93. The van der Waals surface area contributed by atoms with Gasteiger partial charge in [0.25, 0.3) is 17.7 Å². The average molecular weight is 1160 g/mol. The van der Waals surface area contributed by atoms with Crippen molar-refractivity contribution in [1.29, 1.82) is 0 Å². The number of anilines is 2. The summed E-state index contributed by atoms with van der Waals surface area (Å²) in [6.07, 6.45) is 0.644. The van der Waals surface area contributed by atoms with E-state index in [1.165, 1.54) is 29.0 Å². The predicted octanol–water partition coefficient (Wildman–Crippen LogP) is 6.69. The third-order valence-electron chi connectivity index (χ3n) is 13.4. The summed E-state index contributed by atoms with van der Waals surface area (Å²) in [7, 11) is 1.50. The first-order chi connectivity index (χ1) is 39.4. The Hall–Kier alpha value is -8.06. The first-order valence-corrected chi connectivity index (χ1v) is 27.5. The van der Waals surface area contributed by atoms with Crippen molar-refractivity contribution < 1.29 is 76.3 Å². The number of aryl methyl sites for hydroxylation is 1. The van der Waals surface area contributed by atoms with Crippen LogP contribution in [0.15, 0.2) is 71.2 Å². The number of imide groups is 1. The molecule has 24 nitrogen and oxygen atoms in total. The molecule has 1 unspecified atom stereocenters. The van der Waals surface area contributed by atoms with Gasteiger partial charge in [0.05, 0.1) is 57.9 Å². The van der Waals surface area contributed by atoms with Crippen LogP contribution in [0.25, 0.3) is 22.0 Å². The topological polar surface area (TPSA) is 291 Å². The van der Waals surface area contributed by atoms with Crippen LogP contribution in [0.1, 0.15) is 74.0 Å². The molecule has 25 heteroatoms. The van der Waals surface area contributed by atoms with Crippen molar-refractivity contribution in [2.45, 2.75) is 66.0 Å². The van der Waals surface area contributed by atoms with Crippen LogP contribution in [0.4, 0.5) is 25.8 Å². The van der Waals surface area contributed by atoms with E-state index in [0.717, 1.165) is 22.2 Å². The van der Waals surface area contributed by atoms with E-state index >= 15 is 0 Å². The van der Waals surface area contributed by atoms with Gasteiger partial charge in [0.2, 0.25) is 5.91 Å². The standard InChI is InChI=1S/C57H69ClN8O16/c1-7-21-78-41-12-13-42-38(28-41)29-43(61-42)54(72)66-32-39(31-58)49-44(66)30-46(52-51(49)59-36(5)81-52)82-57(75)64(18-22-76-24-20-67)17-16-63(6)56(74)80-33-37-8-10-40(11-9-37)60-53(71)35(4)27-45(68)50(34(2)3)62-55(73)79-26-25-77-23-19-65-47(69)14-15-48(65)70/h8-15,28-30,34-35,39,50,61,67H,7,16-27,31-33H2,1-6H3,(H,60,71)(H,62,73)/t35-,39?,50+/m1/s1. The molecule has 440 valence electrons. The lowest BCUT2D eigenvalue weighted by Gasteiger charge is -2.25. The maximum Gasteiger partial charge on any atom is 0.415 e. The van der Waals surface area contributed by atoms with Gasteiger partial charge < -0.3 is 68.3 Å². The number of aromatic nitrogens is 2. The fourth-order valence-electron chi connectivity index (χ4n) is 9.05. The molecule has 2 aliphatic rings. The molecule has 7 amide bonds. The fraction of sp³-hybridized carbons (Fsp3) is 0.456. The zero-order valence-corrected chi connectivity index (χ0v) is 47.4. The number of halogens is 1. The van der Waals surface area contributed by atoms with E-state index in [0.29, 0.717) is 52.0 Å². The van der Waals surface area contributed by atoms with Crippen molar-refractivity contribution in [2.75, 3.05) is 102 Å². The molecule has 82 heavy (non-hydrogen) atoms. The molecule has 0 aliphatic carbocycles. The summed E-state index contributed by atoms with van der Waals surface area (Å²) in [6, 6.07) is 14.5. The second-order valence-corrected chi connectivity index (χ2v) is 20.3. The van der Waals surface area contributed by atoms with Crippen LogP contribution in [0, 0.1) is 18.8 Å². The number of hydrogen-bond donors (Lipinski definition) is 4. The highest BCUT2D eigenvalue weighted by Crippen LogP contribution is 2.46. The summed E-state index contributed by atoms with van der Waals surface area (Å²) in [4.78, 5) is 117. The molecule has 0 spiro atoms. The monoisotopic (exact) mass is 1160 g/mol. The molecule has 2 aromatic heterocycles. The van der Waals surface area contributed by atoms with Gasteiger partial charge in [-0.2, -0.15) is 0 Å². The number of ketones is 1. The molecule has 4 N–H and O–H groups in total. The van der Waals surface area contributed by atoms with Crippen LogP contribution >= 0.6 is 11.6 Å². The molecule has 0 radical (unpaired) electrons. The zero-order chi connectivity index (χ0) is 59.0. The van der Waals surface area contributed by atoms with Gasteiger partial charge in [-0.3, -0.25) is 28.9 Å². The van der Waals surface area contributed by atoms with Crippen LogP contribution in [0.3, 0.4) is 0 Å². The van der Waals surface area contributed by atoms with Gasteiger partial charge in [0, 0.05) is 105 Å². The Labute approximate surface area is 478 Å². The van der Waals surface area contributed by atoms with Crippen LogP contribution in [-0.2, 0) is 44.7 Å². The molecular formula is C57H69ClN8O16. The number of rotatable bonds is 29. The molecule has 2 aliphatic heterocycles. The van der Waals surface area contributed by atoms with Gasteiger partial charge in [0.15, 0.2) is 23.0 Å². The molecule has 0 saturated heterocycles. The Bertz CT molecular complexity index is 3120. The summed E-state index contributed by atoms with van der Waals surface area (Å²) in [5, 5.41) is 15.5. The highest BCUT2D eigenvalue weighted by molar-refractivity contribution is 6.19. The third kappa shape index (κ3) is 15.9. The van der Waals surface area contributed by atoms with Crippen molar-refractivity contribution >= 4 is 92.7 Å². The number of aliphatic hydroxyl groups excluding tert-OH is 1. The number of nitrogens with one attached hydrogen (secondary N) is 3. The number of ether oxygens (including phenoxy) is 6. The Morgan fingerprint density at radius 3 is 2.34 bits per heavy atom. The SMILES string of the molecule is CCCOc1ccc2[nH]c(C(=O)N3CC(CCl)c4c3cc(OC(=O)N(CCOCCO)CCN(C)C(=O)OCc3ccc(NC(=O)[C@H](C)CC(=O)[C@@H](NC(=O)OCCOCCN5C(=O)C=CC5=O)C(C)C)cc3)c3oc(C)nc43)cc2c1. The summed E-state index contributed by atoms with van der Waals surface area (Å²) >= 11 is 6.53. The van der Waals surface area contributed by atoms with Crippen molar-refractivity contribution in [3.05, 3.63) is 89.5 Å². The van der Waals surface area contributed by atoms with E-state index in [1.54, 1.807) is 69.0 Å². The average Bonchev–Trinajstić information content (AvgIpc) is 2.51. The van der Waals surface area contributed by atoms with Gasteiger partial charge in [-0.05, 0) is 54.3 Å². The van der Waals surface area contributed by atoms with E-state index in [4.69, 9.17) is 44.4 Å². The summed E-state index contributed by atoms with van der Waals surface area (Å²) < 4.78 is 39.4. The first-order valence-electron chi connectivity index (χ1n) is 27.0. The molecule has 3 aromatic carbocycles. The number of alkyl halides is 1. The van der Waals surface area contributed by atoms with Gasteiger partial charge in [0.1, 0.15) is 30.2 Å². The second kappa shape index (κ2) is 29.1. The Kier molecular flexibility index (Phi) is 21.8. The first kappa shape index (κ1) is 61.6.